The van der Waals surface area contributed by atoms with Gasteiger partial charge in [0.15, 0.2) is 0 Å². The standard InChI is InChI=1S/C11H17NO3S/c1-3-7-16(14,15)12-11-6-4-5-10(8-11)9(2)13/h4-6,8-9,12-13H,3,7H2,1-2H3. The van der Waals surface area contributed by atoms with E-state index in [1.807, 2.05) is 6.92 Å². The summed E-state index contributed by atoms with van der Waals surface area (Å²) in [5.41, 5.74) is 1.18. The Morgan fingerprint density at radius 3 is 2.69 bits per heavy atom. The average molecular weight is 243 g/mol. The molecule has 0 aliphatic heterocycles. The largest absolute Gasteiger partial charge is 0.389 e. The molecule has 0 aliphatic rings. The van der Waals surface area contributed by atoms with E-state index in [9.17, 15) is 13.5 Å². The van der Waals surface area contributed by atoms with Crippen molar-refractivity contribution in [3.05, 3.63) is 29.8 Å². The molecule has 0 fully saturated rings. The maximum Gasteiger partial charge on any atom is 0.232 e. The molecule has 0 heterocycles. The lowest BCUT2D eigenvalue weighted by Gasteiger charge is -2.10. The van der Waals surface area contributed by atoms with Gasteiger partial charge in [0.25, 0.3) is 0 Å². The molecular weight excluding hydrogens is 226 g/mol. The van der Waals surface area contributed by atoms with Gasteiger partial charge in [0.05, 0.1) is 11.9 Å². The Kier molecular flexibility index (Phi) is 4.32. The quantitative estimate of drug-likeness (QED) is 0.830. The van der Waals surface area contributed by atoms with E-state index < -0.39 is 16.1 Å². The number of sulfonamides is 1. The van der Waals surface area contributed by atoms with Gasteiger partial charge in [-0.25, -0.2) is 8.42 Å². The van der Waals surface area contributed by atoms with Crippen molar-refractivity contribution in [2.45, 2.75) is 26.4 Å². The van der Waals surface area contributed by atoms with Crippen molar-refractivity contribution >= 4 is 15.7 Å². The fourth-order valence-electron chi connectivity index (χ4n) is 1.36. The van der Waals surface area contributed by atoms with Crippen molar-refractivity contribution in [2.24, 2.45) is 0 Å². The Morgan fingerprint density at radius 2 is 2.12 bits per heavy atom. The number of aliphatic hydroxyl groups is 1. The first-order valence-electron chi connectivity index (χ1n) is 5.23. The third-order valence-corrected chi connectivity index (χ3v) is 3.61. The average Bonchev–Trinajstić information content (AvgIpc) is 2.17. The molecule has 5 heteroatoms. The lowest BCUT2D eigenvalue weighted by atomic mass is 10.1. The van der Waals surface area contributed by atoms with Gasteiger partial charge in [-0.2, -0.15) is 0 Å². The highest BCUT2D eigenvalue weighted by molar-refractivity contribution is 7.92. The number of nitrogens with one attached hydrogen (secondary N) is 1. The van der Waals surface area contributed by atoms with E-state index in [1.165, 1.54) is 0 Å². The van der Waals surface area contributed by atoms with Crippen LogP contribution in [0.3, 0.4) is 0 Å². The number of benzene rings is 1. The second-order valence-corrected chi connectivity index (χ2v) is 5.56. The summed E-state index contributed by atoms with van der Waals surface area (Å²) in [7, 11) is -3.26. The molecule has 1 atom stereocenters. The molecule has 0 saturated heterocycles. The van der Waals surface area contributed by atoms with Crippen LogP contribution in [0.5, 0.6) is 0 Å². The van der Waals surface area contributed by atoms with Gasteiger partial charge in [-0.15, -0.1) is 0 Å². The molecule has 16 heavy (non-hydrogen) atoms. The Balaban J connectivity index is 2.86. The number of hydrogen-bond donors (Lipinski definition) is 2. The minimum atomic E-state index is -3.26. The molecule has 1 aromatic rings. The minimum absolute atomic E-state index is 0.103. The van der Waals surface area contributed by atoms with E-state index in [0.717, 1.165) is 0 Å². The zero-order valence-electron chi connectivity index (χ0n) is 9.47. The molecule has 0 amide bonds. The van der Waals surface area contributed by atoms with Crippen LogP contribution in [-0.2, 0) is 10.0 Å². The molecule has 1 unspecified atom stereocenters. The highest BCUT2D eigenvalue weighted by atomic mass is 32.2. The summed E-state index contributed by atoms with van der Waals surface area (Å²) in [6.45, 7) is 3.45. The lowest BCUT2D eigenvalue weighted by Crippen LogP contribution is -2.16. The van der Waals surface area contributed by atoms with Crippen LogP contribution in [0, 0.1) is 0 Å². The molecule has 90 valence electrons. The molecule has 2 N–H and O–H groups in total. The molecule has 4 nitrogen and oxygen atoms in total. The molecule has 0 spiro atoms. The SMILES string of the molecule is CCCS(=O)(=O)Nc1cccc(C(C)O)c1. The monoisotopic (exact) mass is 243 g/mol. The molecule has 0 saturated carbocycles. The molecule has 0 radical (unpaired) electrons. The summed E-state index contributed by atoms with van der Waals surface area (Å²) in [6.07, 6.45) is -0.0264. The van der Waals surface area contributed by atoms with E-state index in [0.29, 0.717) is 17.7 Å². The molecule has 0 aliphatic carbocycles. The molecule has 1 aromatic carbocycles. The van der Waals surface area contributed by atoms with E-state index in [4.69, 9.17) is 0 Å². The molecule has 1 rings (SSSR count). The number of rotatable bonds is 5. The topological polar surface area (TPSA) is 66.4 Å². The summed E-state index contributed by atoms with van der Waals surface area (Å²) in [4.78, 5) is 0. The predicted molar refractivity (Wildman–Crippen MR) is 64.8 cm³/mol. The number of hydrogen-bond acceptors (Lipinski definition) is 3. The van der Waals surface area contributed by atoms with Crippen LogP contribution in [0.1, 0.15) is 31.9 Å². The van der Waals surface area contributed by atoms with Crippen LogP contribution in [-0.4, -0.2) is 19.3 Å². The van der Waals surface area contributed by atoms with Crippen molar-refractivity contribution in [3.8, 4) is 0 Å². The third-order valence-electron chi connectivity index (χ3n) is 2.12. The normalized spacial score (nSPS) is 13.4. The van der Waals surface area contributed by atoms with Gasteiger partial charge in [0.1, 0.15) is 0 Å². The molecule has 0 aromatic heterocycles. The summed E-state index contributed by atoms with van der Waals surface area (Å²) in [6, 6.07) is 6.77. The highest BCUT2D eigenvalue weighted by Gasteiger charge is 2.09. The van der Waals surface area contributed by atoms with Gasteiger partial charge in [-0.1, -0.05) is 19.1 Å². The van der Waals surface area contributed by atoms with Crippen LogP contribution in [0.15, 0.2) is 24.3 Å². The maximum absolute atomic E-state index is 11.5. The zero-order valence-corrected chi connectivity index (χ0v) is 10.3. The number of aliphatic hydroxyl groups excluding tert-OH is 1. The Bertz CT molecular complexity index is 440. The second-order valence-electron chi connectivity index (χ2n) is 3.72. The summed E-state index contributed by atoms with van der Waals surface area (Å²) in [5, 5.41) is 9.37. The summed E-state index contributed by atoms with van der Waals surface area (Å²) in [5.74, 6) is 0.103. The highest BCUT2D eigenvalue weighted by Crippen LogP contribution is 2.18. The van der Waals surface area contributed by atoms with Crippen molar-refractivity contribution in [1.82, 2.24) is 0 Å². The summed E-state index contributed by atoms with van der Waals surface area (Å²) < 4.78 is 25.5. The number of anilines is 1. The predicted octanol–water partition coefficient (Wildman–Crippen LogP) is 1.89. The molecule has 0 bridgehead atoms. The van der Waals surface area contributed by atoms with Gasteiger partial charge in [0.2, 0.25) is 10.0 Å². The van der Waals surface area contributed by atoms with Crippen molar-refractivity contribution in [2.75, 3.05) is 10.5 Å². The van der Waals surface area contributed by atoms with Gasteiger partial charge in [-0.05, 0) is 31.0 Å². The fraction of sp³-hybridized carbons (Fsp3) is 0.455. The van der Waals surface area contributed by atoms with E-state index in [2.05, 4.69) is 4.72 Å². The first-order valence-corrected chi connectivity index (χ1v) is 6.88. The van der Waals surface area contributed by atoms with E-state index in [1.54, 1.807) is 31.2 Å². The van der Waals surface area contributed by atoms with Gasteiger partial charge >= 0.3 is 0 Å². The Hall–Kier alpha value is -1.07. The Labute approximate surface area is 96.4 Å². The van der Waals surface area contributed by atoms with Crippen LogP contribution >= 0.6 is 0 Å². The van der Waals surface area contributed by atoms with E-state index >= 15 is 0 Å². The fourth-order valence-corrected chi connectivity index (χ4v) is 2.49. The first-order chi connectivity index (χ1) is 7.44. The maximum atomic E-state index is 11.5. The van der Waals surface area contributed by atoms with Gasteiger partial charge in [-0.3, -0.25) is 4.72 Å². The third kappa shape index (κ3) is 3.83. The van der Waals surface area contributed by atoms with Crippen molar-refractivity contribution < 1.29 is 13.5 Å². The van der Waals surface area contributed by atoms with Gasteiger partial charge in [0, 0.05) is 5.69 Å². The van der Waals surface area contributed by atoms with Gasteiger partial charge < -0.3 is 5.11 Å². The van der Waals surface area contributed by atoms with Crippen LogP contribution in [0.4, 0.5) is 5.69 Å². The zero-order chi connectivity index (χ0) is 12.2. The van der Waals surface area contributed by atoms with Crippen LogP contribution in [0.2, 0.25) is 0 Å². The minimum Gasteiger partial charge on any atom is -0.389 e. The smallest absolute Gasteiger partial charge is 0.232 e. The Morgan fingerprint density at radius 1 is 1.44 bits per heavy atom. The van der Waals surface area contributed by atoms with Crippen LogP contribution < -0.4 is 4.72 Å². The molecular formula is C11H17NO3S. The lowest BCUT2D eigenvalue weighted by molar-refractivity contribution is 0.199. The van der Waals surface area contributed by atoms with Crippen LogP contribution in [0.25, 0.3) is 0 Å². The van der Waals surface area contributed by atoms with Crippen molar-refractivity contribution in [1.29, 1.82) is 0 Å². The summed E-state index contributed by atoms with van der Waals surface area (Å²) >= 11 is 0. The van der Waals surface area contributed by atoms with E-state index in [-0.39, 0.29) is 5.75 Å². The second kappa shape index (κ2) is 5.32. The first kappa shape index (κ1) is 13.0. The van der Waals surface area contributed by atoms with Crippen molar-refractivity contribution in [3.63, 3.8) is 0 Å².